The van der Waals surface area contributed by atoms with E-state index < -0.39 is 0 Å². The molecule has 65 heavy (non-hydrogen) atoms. The van der Waals surface area contributed by atoms with Crippen LogP contribution in [-0.2, 0) is 26.4 Å². The van der Waals surface area contributed by atoms with Crippen molar-refractivity contribution in [3.05, 3.63) is 238 Å². The summed E-state index contributed by atoms with van der Waals surface area (Å²) in [5.41, 5.74) is 8.79. The number of fused-ring (bicyclic) bond motifs is 4. The fourth-order valence-electron chi connectivity index (χ4n) is 10.1. The Balaban J connectivity index is 0.00000498. The molecule has 1 fully saturated rings. The first-order valence-corrected chi connectivity index (χ1v) is 22.4. The van der Waals surface area contributed by atoms with E-state index in [-0.39, 0.29) is 40.4 Å². The predicted molar refractivity (Wildman–Crippen MR) is 263 cm³/mol. The van der Waals surface area contributed by atoms with Crippen molar-refractivity contribution in [2.24, 2.45) is 0 Å². The van der Waals surface area contributed by atoms with Crippen molar-refractivity contribution in [1.29, 1.82) is 0 Å². The minimum atomic E-state index is -0.00499. The largest absolute Gasteiger partial charge is 0.386 e. The molecule has 0 amide bonds. The molecule has 0 bridgehead atoms. The van der Waals surface area contributed by atoms with E-state index in [1.807, 2.05) is 97.3 Å². The molecule has 317 valence electrons. The summed E-state index contributed by atoms with van der Waals surface area (Å²) in [7, 11) is 0. The maximum atomic E-state index is 15.0. The van der Waals surface area contributed by atoms with E-state index in [0.717, 1.165) is 101 Å². The van der Waals surface area contributed by atoms with E-state index in [4.69, 9.17) is 0 Å². The molecule has 2 atom stereocenters. The zero-order valence-corrected chi connectivity index (χ0v) is 36.8. The maximum Gasteiger partial charge on any atom is 0.195 e. The number of Topliss-reactive ketones (excluding diaryl/α,β-unsaturated/α-hetero) is 2. The molecule has 3 aliphatic carbocycles. The van der Waals surface area contributed by atoms with Crippen LogP contribution in [0.1, 0.15) is 36.8 Å². The molecule has 1 radical (unpaired) electrons. The van der Waals surface area contributed by atoms with Gasteiger partial charge in [0.05, 0.1) is 0 Å². The van der Waals surface area contributed by atoms with Gasteiger partial charge in [-0.25, -0.2) is 0 Å². The minimum Gasteiger partial charge on any atom is -0.386 e. The zero-order valence-electron chi connectivity index (χ0n) is 35.8. The molecule has 0 spiro atoms. The van der Waals surface area contributed by atoms with Gasteiger partial charge in [-0.3, -0.25) is 9.59 Å². The van der Waals surface area contributed by atoms with Crippen molar-refractivity contribution in [2.45, 2.75) is 37.8 Å². The van der Waals surface area contributed by atoms with Crippen molar-refractivity contribution in [2.75, 3.05) is 0 Å². The fourth-order valence-corrected chi connectivity index (χ4v) is 10.1. The number of carbonyl (C=O) groups excluding carboxylic acids is 2. The Hall–Kier alpha value is -7.31. The third kappa shape index (κ3) is 7.77. The molecule has 3 aliphatic rings. The van der Waals surface area contributed by atoms with Crippen LogP contribution >= 0.6 is 0 Å². The third-order valence-electron chi connectivity index (χ3n) is 13.3. The van der Waals surface area contributed by atoms with Gasteiger partial charge in [0.15, 0.2) is 11.6 Å². The second kappa shape index (κ2) is 18.0. The summed E-state index contributed by atoms with van der Waals surface area (Å²) in [6.45, 7) is 0. The van der Waals surface area contributed by atoms with E-state index in [1.54, 1.807) is 0 Å². The molecular weight excluding hydrogens is 840 g/mol. The molecule has 1 saturated carbocycles. The zero-order chi connectivity index (χ0) is 43.0. The number of benzene rings is 8. The molecule has 2 N–H and O–H groups in total. The minimum absolute atomic E-state index is 0. The van der Waals surface area contributed by atoms with E-state index >= 15 is 9.59 Å². The summed E-state index contributed by atoms with van der Waals surface area (Å²) < 4.78 is 0. The second-order valence-corrected chi connectivity index (χ2v) is 17.1. The Bertz CT molecular complexity index is 3270. The standard InChI is InChI=1S/C60H46N2O2.Co/c63-59-45(35-43-23-9-13-27-49(43)57(59)55-47-25-11-7-21-41(47)31-33-51(55)39-17-3-1-4-18-39)37-61-53-29-15-16-30-54(53)62-38-46-36-44-24-10-14-28-50(44)58(60(46)64)56-48-26-12-8-22-42(48)32-34-52(56)40-19-5-2-6-20-40;/h1-14,17-28,31-38,53-54,61-62H,15-16,29-30H2;/b45-37-,46-38-;/t53-,54-;/m1./s1. The number of ketones is 2. The van der Waals surface area contributed by atoms with Crippen molar-refractivity contribution in [3.63, 3.8) is 0 Å². The molecule has 0 heterocycles. The Morgan fingerprint density at radius 3 is 1.25 bits per heavy atom. The molecule has 8 aromatic carbocycles. The smallest absolute Gasteiger partial charge is 0.195 e. The van der Waals surface area contributed by atoms with Gasteiger partial charge in [-0.2, -0.15) is 0 Å². The van der Waals surface area contributed by atoms with Crippen LogP contribution in [0.3, 0.4) is 0 Å². The topological polar surface area (TPSA) is 58.2 Å². The molecule has 0 aliphatic heterocycles. The van der Waals surface area contributed by atoms with Crippen LogP contribution in [0.15, 0.2) is 206 Å². The molecule has 11 rings (SSSR count). The van der Waals surface area contributed by atoms with Crippen molar-refractivity contribution < 1.29 is 26.4 Å². The normalized spacial score (nSPS) is 18.1. The number of nitrogens with one attached hydrogen (secondary N) is 2. The number of hydrogen-bond acceptors (Lipinski definition) is 4. The first-order valence-electron chi connectivity index (χ1n) is 22.4. The Labute approximate surface area is 389 Å². The Morgan fingerprint density at radius 1 is 0.415 bits per heavy atom. The van der Waals surface area contributed by atoms with Gasteiger partial charge in [0.25, 0.3) is 0 Å². The van der Waals surface area contributed by atoms with Gasteiger partial charge in [0.1, 0.15) is 0 Å². The molecule has 0 aromatic heterocycles. The van der Waals surface area contributed by atoms with Gasteiger partial charge in [0, 0.05) is 74.7 Å². The SMILES string of the molecule is O=C1C(c2c(-c3ccccc3)ccc3ccccc23)=c2ccccc2=C/C1=C/N[C@@H]1CCCC[C@H]1N/C=C1/C=c2ccccc2=C(c2c(-c3ccccc3)ccc3ccccc23)C1=O.[Co]. The third-order valence-corrected chi connectivity index (χ3v) is 13.3. The molecular formula is C60H46CoN2O2. The van der Waals surface area contributed by atoms with E-state index in [2.05, 4.69) is 120 Å². The first-order chi connectivity index (χ1) is 31.6. The fraction of sp³-hybridized carbons (Fsp3) is 0.100. The van der Waals surface area contributed by atoms with E-state index in [9.17, 15) is 0 Å². The van der Waals surface area contributed by atoms with Crippen LogP contribution in [0.4, 0.5) is 0 Å². The van der Waals surface area contributed by atoms with Crippen LogP contribution in [0, 0.1) is 0 Å². The molecule has 4 nitrogen and oxygen atoms in total. The van der Waals surface area contributed by atoms with Crippen LogP contribution < -0.4 is 31.5 Å². The van der Waals surface area contributed by atoms with Gasteiger partial charge in [0.2, 0.25) is 0 Å². The summed E-state index contributed by atoms with van der Waals surface area (Å²) in [6.07, 6.45) is 11.9. The van der Waals surface area contributed by atoms with Crippen molar-refractivity contribution >= 4 is 56.4 Å². The van der Waals surface area contributed by atoms with Crippen LogP contribution in [0.2, 0.25) is 0 Å². The molecule has 8 aromatic rings. The number of carbonyl (C=O) groups is 2. The number of hydrogen-bond donors (Lipinski definition) is 2. The van der Waals surface area contributed by atoms with Gasteiger partial charge in [-0.15, -0.1) is 0 Å². The quantitative estimate of drug-likeness (QED) is 0.150. The summed E-state index contributed by atoms with van der Waals surface area (Å²) in [4.78, 5) is 30.1. The van der Waals surface area contributed by atoms with Crippen LogP contribution in [0.25, 0.3) is 67.1 Å². The van der Waals surface area contributed by atoms with E-state index in [0.29, 0.717) is 22.3 Å². The predicted octanol–water partition coefficient (Wildman–Crippen LogP) is 9.41. The summed E-state index contributed by atoms with van der Waals surface area (Å²) >= 11 is 0. The molecule has 0 saturated heterocycles. The molecule has 5 heteroatoms. The van der Waals surface area contributed by atoms with Gasteiger partial charge >= 0.3 is 0 Å². The van der Waals surface area contributed by atoms with Gasteiger partial charge in [-0.1, -0.05) is 195 Å². The maximum absolute atomic E-state index is 15.0. The van der Waals surface area contributed by atoms with Gasteiger partial charge < -0.3 is 10.6 Å². The summed E-state index contributed by atoms with van der Waals surface area (Å²) in [5, 5.41) is 15.7. The average Bonchev–Trinajstić information content (AvgIpc) is 3.35. The summed E-state index contributed by atoms with van der Waals surface area (Å²) in [5.74, 6) is -0.00998. The van der Waals surface area contributed by atoms with E-state index in [1.165, 1.54) is 0 Å². The first kappa shape index (κ1) is 41.7. The number of allylic oxidation sites excluding steroid dienone is 2. The Kier molecular flexibility index (Phi) is 11.6. The van der Waals surface area contributed by atoms with Crippen LogP contribution in [-0.4, -0.2) is 23.7 Å². The van der Waals surface area contributed by atoms with Gasteiger partial charge in [-0.05, 0) is 89.7 Å². The summed E-state index contributed by atoms with van der Waals surface area (Å²) in [6, 6.07) is 62.6. The van der Waals surface area contributed by atoms with Crippen LogP contribution in [0.5, 0.6) is 0 Å². The average molecular weight is 886 g/mol. The van der Waals surface area contributed by atoms with Crippen molar-refractivity contribution in [1.82, 2.24) is 10.6 Å². The second-order valence-electron chi connectivity index (χ2n) is 17.1. The van der Waals surface area contributed by atoms with Crippen molar-refractivity contribution in [3.8, 4) is 22.3 Å². The monoisotopic (exact) mass is 885 g/mol. The Morgan fingerprint density at radius 2 is 0.800 bits per heavy atom. The number of rotatable bonds is 8. The molecule has 0 unspecified atom stereocenters.